The van der Waals surface area contributed by atoms with Gasteiger partial charge in [-0.25, -0.2) is 0 Å². The van der Waals surface area contributed by atoms with Crippen molar-refractivity contribution in [3.05, 3.63) is 24.3 Å². The predicted molar refractivity (Wildman–Crippen MR) is 75.0 cm³/mol. The van der Waals surface area contributed by atoms with Gasteiger partial charge in [0.25, 0.3) is 0 Å². The summed E-state index contributed by atoms with van der Waals surface area (Å²) in [6.07, 6.45) is 0. The third kappa shape index (κ3) is 2.91. The van der Waals surface area contributed by atoms with Gasteiger partial charge in [-0.1, -0.05) is 0 Å². The first-order chi connectivity index (χ1) is 8.06. The van der Waals surface area contributed by atoms with Crippen molar-refractivity contribution in [1.82, 2.24) is 5.32 Å². The summed E-state index contributed by atoms with van der Waals surface area (Å²) in [5.41, 5.74) is 2.58. The van der Waals surface area contributed by atoms with E-state index in [1.54, 1.807) is 0 Å². The van der Waals surface area contributed by atoms with Crippen molar-refractivity contribution in [3.8, 4) is 0 Å². The van der Waals surface area contributed by atoms with Crippen LogP contribution in [0.25, 0.3) is 0 Å². The van der Waals surface area contributed by atoms with E-state index in [0.717, 1.165) is 13.1 Å². The summed E-state index contributed by atoms with van der Waals surface area (Å²) in [6.45, 7) is 6.67. The van der Waals surface area contributed by atoms with E-state index in [1.807, 2.05) is 0 Å². The molecule has 1 heterocycles. The van der Waals surface area contributed by atoms with Crippen molar-refractivity contribution in [2.24, 2.45) is 0 Å². The fourth-order valence-electron chi connectivity index (χ4n) is 2.50. The van der Waals surface area contributed by atoms with Gasteiger partial charge in [0, 0.05) is 50.6 Å². The van der Waals surface area contributed by atoms with Gasteiger partial charge in [0.1, 0.15) is 0 Å². The van der Waals surface area contributed by atoms with E-state index in [-0.39, 0.29) is 0 Å². The highest BCUT2D eigenvalue weighted by Gasteiger charge is 2.20. The number of nitrogens with one attached hydrogen (secondary N) is 1. The number of hydrogen-bond donors (Lipinski definition) is 1. The molecular formula is C14H23N3. The van der Waals surface area contributed by atoms with E-state index in [1.165, 1.54) is 11.4 Å². The molecule has 0 aromatic heterocycles. The van der Waals surface area contributed by atoms with Crippen molar-refractivity contribution in [1.29, 1.82) is 0 Å². The molecule has 0 radical (unpaired) electrons. The number of benzene rings is 1. The van der Waals surface area contributed by atoms with Crippen molar-refractivity contribution in [3.63, 3.8) is 0 Å². The highest BCUT2D eigenvalue weighted by atomic mass is 15.2. The van der Waals surface area contributed by atoms with E-state index in [4.69, 9.17) is 0 Å². The van der Waals surface area contributed by atoms with Gasteiger partial charge in [0.15, 0.2) is 0 Å². The maximum Gasteiger partial charge on any atom is 0.0368 e. The van der Waals surface area contributed by atoms with Gasteiger partial charge in [0.2, 0.25) is 0 Å². The molecule has 0 spiro atoms. The molecule has 1 aliphatic heterocycles. The monoisotopic (exact) mass is 233 g/mol. The lowest BCUT2D eigenvalue weighted by Gasteiger charge is -2.37. The Hall–Kier alpha value is -1.22. The minimum atomic E-state index is 0.562. The Balaban J connectivity index is 2.11. The van der Waals surface area contributed by atoms with E-state index >= 15 is 0 Å². The molecule has 3 heteroatoms. The van der Waals surface area contributed by atoms with Crippen LogP contribution >= 0.6 is 0 Å². The second kappa shape index (κ2) is 4.96. The molecule has 17 heavy (non-hydrogen) atoms. The number of rotatable bonds is 2. The van der Waals surface area contributed by atoms with Crippen LogP contribution in [0.5, 0.6) is 0 Å². The third-order valence-corrected chi connectivity index (χ3v) is 3.29. The first-order valence-corrected chi connectivity index (χ1v) is 6.34. The summed E-state index contributed by atoms with van der Waals surface area (Å²) in [6, 6.07) is 9.94. The molecule has 3 nitrogen and oxygen atoms in total. The molecule has 1 fully saturated rings. The molecule has 1 saturated heterocycles. The second-order valence-corrected chi connectivity index (χ2v) is 5.28. The highest BCUT2D eigenvalue weighted by molar-refractivity contribution is 5.56. The summed E-state index contributed by atoms with van der Waals surface area (Å²) in [4.78, 5) is 4.60. The molecule has 2 unspecified atom stereocenters. The summed E-state index contributed by atoms with van der Waals surface area (Å²) in [7, 11) is 4.15. The summed E-state index contributed by atoms with van der Waals surface area (Å²) in [5.74, 6) is 0. The Morgan fingerprint density at radius 1 is 1.06 bits per heavy atom. The zero-order valence-electron chi connectivity index (χ0n) is 11.3. The molecule has 0 saturated carbocycles. The quantitative estimate of drug-likeness (QED) is 0.842. The number of anilines is 2. The largest absolute Gasteiger partial charge is 0.378 e. The molecule has 1 aromatic rings. The predicted octanol–water partition coefficient (Wildman–Crippen LogP) is 1.94. The number of hydrogen-bond acceptors (Lipinski definition) is 3. The summed E-state index contributed by atoms with van der Waals surface area (Å²) >= 11 is 0. The number of nitrogens with zero attached hydrogens (tertiary/aromatic N) is 2. The van der Waals surface area contributed by atoms with Crippen LogP contribution in [0.3, 0.4) is 0 Å². The Kier molecular flexibility index (Phi) is 3.57. The van der Waals surface area contributed by atoms with E-state index in [2.05, 4.69) is 67.3 Å². The van der Waals surface area contributed by atoms with Crippen LogP contribution in [0.2, 0.25) is 0 Å². The second-order valence-electron chi connectivity index (χ2n) is 5.28. The lowest BCUT2D eigenvalue weighted by atomic mass is 10.1. The average molecular weight is 233 g/mol. The SMILES string of the molecule is CC1CN(c2ccc(N(C)C)cc2)CC(C)N1. The van der Waals surface area contributed by atoms with E-state index in [0.29, 0.717) is 12.1 Å². The maximum absolute atomic E-state index is 3.56. The molecule has 0 aliphatic carbocycles. The first-order valence-electron chi connectivity index (χ1n) is 6.34. The Bertz CT molecular complexity index is 348. The topological polar surface area (TPSA) is 18.5 Å². The zero-order valence-corrected chi connectivity index (χ0v) is 11.3. The van der Waals surface area contributed by atoms with Crippen LogP contribution in [0.1, 0.15) is 13.8 Å². The van der Waals surface area contributed by atoms with Crippen molar-refractivity contribution in [2.45, 2.75) is 25.9 Å². The molecule has 1 N–H and O–H groups in total. The molecule has 2 atom stereocenters. The summed E-state index contributed by atoms with van der Waals surface area (Å²) < 4.78 is 0. The van der Waals surface area contributed by atoms with Crippen molar-refractivity contribution < 1.29 is 0 Å². The van der Waals surface area contributed by atoms with Gasteiger partial charge < -0.3 is 15.1 Å². The molecule has 1 aromatic carbocycles. The van der Waals surface area contributed by atoms with Crippen LogP contribution in [0.4, 0.5) is 11.4 Å². The van der Waals surface area contributed by atoms with Crippen molar-refractivity contribution >= 4 is 11.4 Å². The van der Waals surface area contributed by atoms with Crippen LogP contribution in [0, 0.1) is 0 Å². The Morgan fingerprint density at radius 2 is 1.59 bits per heavy atom. The van der Waals surface area contributed by atoms with Gasteiger partial charge >= 0.3 is 0 Å². The molecule has 94 valence electrons. The smallest absolute Gasteiger partial charge is 0.0368 e. The minimum Gasteiger partial charge on any atom is -0.378 e. The van der Waals surface area contributed by atoms with Crippen LogP contribution in [0.15, 0.2) is 24.3 Å². The van der Waals surface area contributed by atoms with Gasteiger partial charge in [-0.2, -0.15) is 0 Å². The average Bonchev–Trinajstić information content (AvgIpc) is 2.28. The highest BCUT2D eigenvalue weighted by Crippen LogP contribution is 2.21. The molecule has 2 rings (SSSR count). The van der Waals surface area contributed by atoms with Crippen LogP contribution in [-0.2, 0) is 0 Å². The van der Waals surface area contributed by atoms with E-state index < -0.39 is 0 Å². The number of piperazine rings is 1. The van der Waals surface area contributed by atoms with Crippen LogP contribution in [-0.4, -0.2) is 39.3 Å². The van der Waals surface area contributed by atoms with Gasteiger partial charge in [-0.15, -0.1) is 0 Å². The minimum absolute atomic E-state index is 0.562. The van der Waals surface area contributed by atoms with E-state index in [9.17, 15) is 0 Å². The fraction of sp³-hybridized carbons (Fsp3) is 0.571. The lowest BCUT2D eigenvalue weighted by molar-refractivity contribution is 0.407. The lowest BCUT2D eigenvalue weighted by Crippen LogP contribution is -2.54. The normalized spacial score (nSPS) is 24.8. The Labute approximate surface area is 104 Å². The van der Waals surface area contributed by atoms with Gasteiger partial charge in [-0.05, 0) is 38.1 Å². The molecule has 0 amide bonds. The van der Waals surface area contributed by atoms with Gasteiger partial charge in [-0.3, -0.25) is 0 Å². The molecule has 1 aliphatic rings. The fourth-order valence-corrected chi connectivity index (χ4v) is 2.50. The molecular weight excluding hydrogens is 210 g/mol. The standard InChI is InChI=1S/C14H23N3/c1-11-9-17(10-12(2)15-11)14-7-5-13(6-8-14)16(3)4/h5-8,11-12,15H,9-10H2,1-4H3. The van der Waals surface area contributed by atoms with Gasteiger partial charge in [0.05, 0.1) is 0 Å². The summed E-state index contributed by atoms with van der Waals surface area (Å²) in [5, 5.41) is 3.56. The van der Waals surface area contributed by atoms with Crippen LogP contribution < -0.4 is 15.1 Å². The third-order valence-electron chi connectivity index (χ3n) is 3.29. The molecule has 0 bridgehead atoms. The zero-order chi connectivity index (χ0) is 12.4. The first kappa shape index (κ1) is 12.2. The maximum atomic E-state index is 3.56. The van der Waals surface area contributed by atoms with Crippen molar-refractivity contribution in [2.75, 3.05) is 37.0 Å². The Morgan fingerprint density at radius 3 is 2.06 bits per heavy atom.